The highest BCUT2D eigenvalue weighted by Crippen LogP contribution is 2.29. The van der Waals surface area contributed by atoms with E-state index in [1.807, 2.05) is 32.0 Å². The zero-order valence-electron chi connectivity index (χ0n) is 11.9. The van der Waals surface area contributed by atoms with Gasteiger partial charge in [0.15, 0.2) is 5.84 Å². The van der Waals surface area contributed by atoms with Gasteiger partial charge in [0.05, 0.1) is 5.56 Å². The molecule has 110 valence electrons. The summed E-state index contributed by atoms with van der Waals surface area (Å²) in [5.74, 6) is 1.21. The van der Waals surface area contributed by atoms with Crippen LogP contribution < -0.4 is 10.5 Å². The van der Waals surface area contributed by atoms with Gasteiger partial charge in [0.1, 0.15) is 11.5 Å². The standard InChI is InChI=1S/C16H17ClN2O2/c1-3-11-9-12(5-7-14(11)17)21-15-8-10(2)4-6-13(15)16(18)19-20/h4-9,20H,3H2,1-2H3,(H2,18,19). The first-order chi connectivity index (χ1) is 10.0. The van der Waals surface area contributed by atoms with Crippen molar-refractivity contribution in [3.63, 3.8) is 0 Å². The number of aryl methyl sites for hydroxylation is 2. The van der Waals surface area contributed by atoms with E-state index < -0.39 is 0 Å². The van der Waals surface area contributed by atoms with Crippen LogP contribution in [-0.2, 0) is 6.42 Å². The molecule has 0 aromatic heterocycles. The Hall–Kier alpha value is -2.20. The molecule has 0 fully saturated rings. The molecule has 2 aromatic carbocycles. The van der Waals surface area contributed by atoms with E-state index in [9.17, 15) is 0 Å². The number of hydrogen-bond acceptors (Lipinski definition) is 3. The largest absolute Gasteiger partial charge is 0.457 e. The van der Waals surface area contributed by atoms with Gasteiger partial charge in [-0.2, -0.15) is 0 Å². The number of rotatable bonds is 4. The Morgan fingerprint density at radius 2 is 2.05 bits per heavy atom. The molecule has 3 N–H and O–H groups in total. The quantitative estimate of drug-likeness (QED) is 0.387. The highest BCUT2D eigenvalue weighted by Gasteiger charge is 2.10. The van der Waals surface area contributed by atoms with Gasteiger partial charge in [-0.15, -0.1) is 0 Å². The lowest BCUT2D eigenvalue weighted by molar-refractivity contribution is 0.318. The van der Waals surface area contributed by atoms with Crippen molar-refractivity contribution in [1.29, 1.82) is 0 Å². The molecule has 0 atom stereocenters. The van der Waals surface area contributed by atoms with Crippen molar-refractivity contribution in [3.05, 3.63) is 58.1 Å². The summed E-state index contributed by atoms with van der Waals surface area (Å²) < 4.78 is 5.88. The van der Waals surface area contributed by atoms with Crippen molar-refractivity contribution >= 4 is 17.4 Å². The first kappa shape index (κ1) is 15.2. The minimum Gasteiger partial charge on any atom is -0.457 e. The molecule has 4 nitrogen and oxygen atoms in total. The summed E-state index contributed by atoms with van der Waals surface area (Å²) in [5, 5.41) is 12.6. The van der Waals surface area contributed by atoms with Crippen molar-refractivity contribution in [2.75, 3.05) is 0 Å². The Bertz CT molecular complexity index is 684. The zero-order chi connectivity index (χ0) is 15.4. The summed E-state index contributed by atoms with van der Waals surface area (Å²) in [5.41, 5.74) is 8.24. The van der Waals surface area contributed by atoms with Gasteiger partial charge in [0.2, 0.25) is 0 Å². The first-order valence-corrected chi connectivity index (χ1v) is 6.97. The van der Waals surface area contributed by atoms with Crippen LogP contribution in [0.15, 0.2) is 41.6 Å². The number of nitrogens with zero attached hydrogens (tertiary/aromatic N) is 1. The lowest BCUT2D eigenvalue weighted by Crippen LogP contribution is -2.14. The second kappa shape index (κ2) is 6.50. The second-order valence-electron chi connectivity index (χ2n) is 4.69. The van der Waals surface area contributed by atoms with Gasteiger partial charge in [-0.3, -0.25) is 0 Å². The maximum absolute atomic E-state index is 8.86. The molecule has 0 aliphatic rings. The van der Waals surface area contributed by atoms with Crippen LogP contribution in [0.25, 0.3) is 0 Å². The van der Waals surface area contributed by atoms with Crippen LogP contribution in [-0.4, -0.2) is 11.0 Å². The zero-order valence-corrected chi connectivity index (χ0v) is 12.7. The van der Waals surface area contributed by atoms with E-state index >= 15 is 0 Å². The topological polar surface area (TPSA) is 67.8 Å². The molecule has 2 aromatic rings. The molecular weight excluding hydrogens is 288 g/mol. The third kappa shape index (κ3) is 3.47. The van der Waals surface area contributed by atoms with Crippen LogP contribution in [0.1, 0.15) is 23.6 Å². The van der Waals surface area contributed by atoms with Crippen LogP contribution in [0.3, 0.4) is 0 Å². The molecule has 2 rings (SSSR count). The van der Waals surface area contributed by atoms with Gasteiger partial charge in [-0.05, 0) is 54.8 Å². The summed E-state index contributed by atoms with van der Waals surface area (Å²) in [6.45, 7) is 3.97. The third-order valence-corrected chi connectivity index (χ3v) is 3.52. The summed E-state index contributed by atoms with van der Waals surface area (Å²) in [7, 11) is 0. The SMILES string of the molecule is CCc1cc(Oc2cc(C)ccc2C(N)=NO)ccc1Cl. The van der Waals surface area contributed by atoms with Gasteiger partial charge < -0.3 is 15.7 Å². The minimum atomic E-state index is 0.00896. The molecule has 0 aliphatic carbocycles. The fourth-order valence-corrected chi connectivity index (χ4v) is 2.24. The van der Waals surface area contributed by atoms with Gasteiger partial charge >= 0.3 is 0 Å². The predicted molar refractivity (Wildman–Crippen MR) is 84.6 cm³/mol. The normalized spacial score (nSPS) is 11.5. The highest BCUT2D eigenvalue weighted by atomic mass is 35.5. The molecular formula is C16H17ClN2O2. The van der Waals surface area contributed by atoms with E-state index in [1.54, 1.807) is 18.2 Å². The molecule has 0 aliphatic heterocycles. The number of hydrogen-bond donors (Lipinski definition) is 2. The average Bonchev–Trinajstić information content (AvgIpc) is 2.48. The summed E-state index contributed by atoms with van der Waals surface area (Å²) in [4.78, 5) is 0. The summed E-state index contributed by atoms with van der Waals surface area (Å²) >= 11 is 6.10. The molecule has 21 heavy (non-hydrogen) atoms. The van der Waals surface area contributed by atoms with Crippen LogP contribution in [0, 0.1) is 6.92 Å². The molecule has 0 spiro atoms. The van der Waals surface area contributed by atoms with E-state index in [1.165, 1.54) is 0 Å². The number of ether oxygens (including phenoxy) is 1. The molecule has 0 saturated heterocycles. The van der Waals surface area contributed by atoms with Crippen LogP contribution in [0.2, 0.25) is 5.02 Å². The molecule has 0 bridgehead atoms. The van der Waals surface area contributed by atoms with Crippen molar-refractivity contribution in [1.82, 2.24) is 0 Å². The third-order valence-electron chi connectivity index (χ3n) is 3.15. The van der Waals surface area contributed by atoms with E-state index in [0.29, 0.717) is 22.1 Å². The molecule has 0 unspecified atom stereocenters. The number of oxime groups is 1. The van der Waals surface area contributed by atoms with E-state index in [2.05, 4.69) is 5.16 Å². The summed E-state index contributed by atoms with van der Waals surface area (Å²) in [6, 6.07) is 11.0. The summed E-state index contributed by atoms with van der Waals surface area (Å²) in [6.07, 6.45) is 0.816. The van der Waals surface area contributed by atoms with Gasteiger partial charge in [0.25, 0.3) is 0 Å². The number of benzene rings is 2. The lowest BCUT2D eigenvalue weighted by Gasteiger charge is -2.12. The molecule has 0 amide bonds. The van der Waals surface area contributed by atoms with Crippen LogP contribution in [0.4, 0.5) is 0 Å². The fraction of sp³-hybridized carbons (Fsp3) is 0.188. The Balaban J connectivity index is 2.41. The minimum absolute atomic E-state index is 0.00896. The van der Waals surface area contributed by atoms with Crippen LogP contribution in [0.5, 0.6) is 11.5 Å². The van der Waals surface area contributed by atoms with Crippen LogP contribution >= 0.6 is 11.6 Å². The molecule has 0 radical (unpaired) electrons. The Morgan fingerprint density at radius 3 is 2.71 bits per heavy atom. The lowest BCUT2D eigenvalue weighted by atomic mass is 10.1. The van der Waals surface area contributed by atoms with E-state index in [4.69, 9.17) is 27.3 Å². The van der Waals surface area contributed by atoms with Gasteiger partial charge in [-0.25, -0.2) is 0 Å². The Morgan fingerprint density at radius 1 is 1.29 bits per heavy atom. The van der Waals surface area contributed by atoms with Crippen molar-refractivity contribution < 1.29 is 9.94 Å². The number of nitrogens with two attached hydrogens (primary N) is 1. The second-order valence-corrected chi connectivity index (χ2v) is 5.10. The smallest absolute Gasteiger partial charge is 0.173 e. The number of amidine groups is 1. The maximum Gasteiger partial charge on any atom is 0.173 e. The maximum atomic E-state index is 8.86. The fourth-order valence-electron chi connectivity index (χ4n) is 1.99. The van der Waals surface area contributed by atoms with Crippen molar-refractivity contribution in [3.8, 4) is 11.5 Å². The Labute approximate surface area is 128 Å². The molecule has 0 heterocycles. The number of halogens is 1. The average molecular weight is 305 g/mol. The van der Waals surface area contributed by atoms with Crippen molar-refractivity contribution in [2.45, 2.75) is 20.3 Å². The van der Waals surface area contributed by atoms with Gasteiger partial charge in [-0.1, -0.05) is 29.7 Å². The van der Waals surface area contributed by atoms with Gasteiger partial charge in [0, 0.05) is 5.02 Å². The van der Waals surface area contributed by atoms with E-state index in [-0.39, 0.29) is 5.84 Å². The first-order valence-electron chi connectivity index (χ1n) is 6.60. The van der Waals surface area contributed by atoms with Crippen molar-refractivity contribution in [2.24, 2.45) is 10.9 Å². The highest BCUT2D eigenvalue weighted by molar-refractivity contribution is 6.31. The molecule has 5 heteroatoms. The Kier molecular flexibility index (Phi) is 4.70. The monoisotopic (exact) mass is 304 g/mol. The predicted octanol–water partition coefficient (Wildman–Crippen LogP) is 4.10. The molecule has 0 saturated carbocycles. The van der Waals surface area contributed by atoms with E-state index in [0.717, 1.165) is 17.5 Å².